The molecule has 2 aromatic carbocycles. The Labute approximate surface area is 166 Å². The van der Waals surface area contributed by atoms with E-state index in [4.69, 9.17) is 5.26 Å². The number of para-hydroxylation sites is 1. The normalized spacial score (nSPS) is 17.3. The van der Waals surface area contributed by atoms with Crippen molar-refractivity contribution in [3.05, 3.63) is 59.7 Å². The molecule has 1 unspecified atom stereocenters. The van der Waals surface area contributed by atoms with Crippen LogP contribution in [-0.2, 0) is 11.2 Å². The van der Waals surface area contributed by atoms with Gasteiger partial charge in [0.15, 0.2) is 17.4 Å². The molecule has 0 spiro atoms. The minimum atomic E-state index is -1.77. The number of phenolic OH excluding ortho intramolecular Hbond substituents is 1. The Morgan fingerprint density at radius 2 is 1.75 bits per heavy atom. The summed E-state index contributed by atoms with van der Waals surface area (Å²) in [6, 6.07) is 16.5. The summed E-state index contributed by atoms with van der Waals surface area (Å²) in [6.45, 7) is 6.28. The van der Waals surface area contributed by atoms with Gasteiger partial charge in [-0.05, 0) is 23.1 Å². The van der Waals surface area contributed by atoms with Crippen molar-refractivity contribution >= 4 is 28.5 Å². The summed E-state index contributed by atoms with van der Waals surface area (Å²) in [4.78, 5) is 0. The van der Waals surface area contributed by atoms with E-state index in [1.165, 1.54) is 6.07 Å². The summed E-state index contributed by atoms with van der Waals surface area (Å²) >= 11 is -1.77. The van der Waals surface area contributed by atoms with Crippen LogP contribution in [0, 0.1) is 16.7 Å². The Balaban J connectivity index is 1.89. The van der Waals surface area contributed by atoms with E-state index in [9.17, 15) is 9.32 Å². The van der Waals surface area contributed by atoms with Gasteiger partial charge in [0.05, 0.1) is 17.3 Å². The molecular formula is C20H21N5O2S. The highest BCUT2D eigenvalue weighted by Gasteiger charge is 2.30. The van der Waals surface area contributed by atoms with Gasteiger partial charge in [0.25, 0.3) is 11.2 Å². The molecule has 0 amide bonds. The van der Waals surface area contributed by atoms with Gasteiger partial charge >= 0.3 is 0 Å². The third-order valence-corrected chi connectivity index (χ3v) is 4.93. The number of aromatic hydroxyl groups is 1. The van der Waals surface area contributed by atoms with Crippen molar-refractivity contribution in [2.24, 2.45) is 14.2 Å². The van der Waals surface area contributed by atoms with Crippen molar-refractivity contribution < 1.29 is 9.32 Å². The molecule has 0 fully saturated rings. The van der Waals surface area contributed by atoms with Crippen LogP contribution in [-0.4, -0.2) is 21.0 Å². The number of anilines is 1. The lowest BCUT2D eigenvalue weighted by Crippen LogP contribution is -2.41. The van der Waals surface area contributed by atoms with Crippen LogP contribution in [0.4, 0.5) is 5.69 Å². The number of hydrogen-bond donors (Lipinski definition) is 3. The maximum atomic E-state index is 12.0. The molecule has 0 bridgehead atoms. The quantitative estimate of drug-likeness (QED) is 0.690. The molecule has 1 aliphatic heterocycles. The lowest BCUT2D eigenvalue weighted by atomic mass is 9.82. The van der Waals surface area contributed by atoms with Crippen LogP contribution in [0.25, 0.3) is 0 Å². The molecule has 0 saturated carbocycles. The Hall–Kier alpha value is -3.18. The van der Waals surface area contributed by atoms with E-state index < -0.39 is 11.2 Å². The van der Waals surface area contributed by atoms with Crippen molar-refractivity contribution in [3.8, 4) is 11.8 Å². The summed E-state index contributed by atoms with van der Waals surface area (Å²) in [5, 5.41) is 25.6. The summed E-state index contributed by atoms with van der Waals surface area (Å²) in [5.41, 5.74) is 1.32. The lowest BCUT2D eigenvalue weighted by Gasteiger charge is -2.32. The van der Waals surface area contributed by atoms with Gasteiger partial charge in [-0.2, -0.15) is 5.26 Å². The highest BCUT2D eigenvalue weighted by atomic mass is 32.2. The number of rotatable bonds is 3. The van der Waals surface area contributed by atoms with Crippen LogP contribution in [0.2, 0.25) is 0 Å². The maximum Gasteiger partial charge on any atom is 0.269 e. The second-order valence-corrected chi connectivity index (χ2v) is 8.23. The van der Waals surface area contributed by atoms with Crippen molar-refractivity contribution in [2.45, 2.75) is 26.8 Å². The van der Waals surface area contributed by atoms with Crippen molar-refractivity contribution in [1.29, 1.82) is 5.26 Å². The van der Waals surface area contributed by atoms with Crippen LogP contribution in [0.5, 0.6) is 5.75 Å². The molecule has 7 nitrogen and oxygen atoms in total. The summed E-state index contributed by atoms with van der Waals surface area (Å²) in [7, 11) is 0. The fourth-order valence-electron chi connectivity index (χ4n) is 2.88. The molecule has 0 saturated heterocycles. The van der Waals surface area contributed by atoms with Crippen molar-refractivity contribution in [2.75, 3.05) is 5.32 Å². The van der Waals surface area contributed by atoms with Crippen LogP contribution < -0.4 is 10.6 Å². The largest absolute Gasteiger partial charge is 0.504 e. The van der Waals surface area contributed by atoms with E-state index in [2.05, 4.69) is 40.2 Å². The van der Waals surface area contributed by atoms with Gasteiger partial charge in [-0.1, -0.05) is 57.2 Å². The van der Waals surface area contributed by atoms with E-state index in [1.54, 1.807) is 12.1 Å². The third kappa shape index (κ3) is 4.21. The zero-order chi connectivity index (χ0) is 20.3. The zero-order valence-electron chi connectivity index (χ0n) is 15.8. The maximum absolute atomic E-state index is 12.0. The molecule has 0 aliphatic carbocycles. The van der Waals surface area contributed by atoms with E-state index in [1.807, 2.05) is 36.4 Å². The number of hydrogen-bond acceptors (Lipinski definition) is 5. The van der Waals surface area contributed by atoms with Gasteiger partial charge in [0.2, 0.25) is 0 Å². The number of nitrogens with one attached hydrogen (secondary N) is 2. The molecule has 1 aliphatic rings. The number of nitriles is 1. The molecule has 1 heterocycles. The van der Waals surface area contributed by atoms with E-state index >= 15 is 0 Å². The van der Waals surface area contributed by atoms with E-state index in [0.717, 1.165) is 5.56 Å². The number of amidine groups is 2. The van der Waals surface area contributed by atoms with Crippen molar-refractivity contribution in [3.63, 3.8) is 0 Å². The van der Waals surface area contributed by atoms with Crippen LogP contribution in [0.1, 0.15) is 37.9 Å². The van der Waals surface area contributed by atoms with Crippen LogP contribution in [0.15, 0.2) is 57.3 Å². The monoisotopic (exact) mass is 395 g/mol. The second kappa shape index (κ2) is 7.82. The zero-order valence-corrected chi connectivity index (χ0v) is 16.6. The topological polar surface area (TPSA) is 110 Å². The Morgan fingerprint density at radius 3 is 2.39 bits per heavy atom. The fraction of sp³-hybridized carbons (Fsp3) is 0.250. The number of benzene rings is 2. The Morgan fingerprint density at radius 1 is 1.07 bits per heavy atom. The predicted molar refractivity (Wildman–Crippen MR) is 111 cm³/mol. The van der Waals surface area contributed by atoms with Gasteiger partial charge in [-0.3, -0.25) is 0 Å². The van der Waals surface area contributed by atoms with Gasteiger partial charge in [-0.15, -0.1) is 8.80 Å². The predicted octanol–water partition coefficient (Wildman–Crippen LogP) is 3.44. The SMILES string of the molecule is CC(C)(C)[C@@H](NC1=NS(=O)N=C1Nc1cccc(C#N)c1O)c1ccccc1. The Kier molecular flexibility index (Phi) is 5.47. The average molecular weight is 395 g/mol. The fourth-order valence-corrected chi connectivity index (χ4v) is 3.51. The molecule has 3 N–H and O–H groups in total. The lowest BCUT2D eigenvalue weighted by molar-refractivity contribution is 0.303. The molecule has 2 atom stereocenters. The minimum Gasteiger partial charge on any atom is -0.504 e. The van der Waals surface area contributed by atoms with E-state index in [-0.39, 0.29) is 28.6 Å². The first kappa shape index (κ1) is 19.6. The summed E-state index contributed by atoms with van der Waals surface area (Å²) in [6.07, 6.45) is 0. The average Bonchev–Trinajstić information content (AvgIpc) is 3.00. The van der Waals surface area contributed by atoms with Gasteiger partial charge < -0.3 is 15.7 Å². The molecule has 0 radical (unpaired) electrons. The molecule has 28 heavy (non-hydrogen) atoms. The molecule has 3 rings (SSSR count). The highest BCUT2D eigenvalue weighted by molar-refractivity contribution is 7.83. The van der Waals surface area contributed by atoms with Gasteiger partial charge in [0.1, 0.15) is 6.07 Å². The first-order valence-corrected chi connectivity index (χ1v) is 9.76. The summed E-state index contributed by atoms with van der Waals surface area (Å²) in [5.74, 6) is 0.387. The first-order chi connectivity index (χ1) is 13.3. The summed E-state index contributed by atoms with van der Waals surface area (Å²) < 4.78 is 20.1. The number of nitrogens with zero attached hydrogens (tertiary/aromatic N) is 3. The van der Waals surface area contributed by atoms with Gasteiger partial charge in [-0.25, -0.2) is 4.21 Å². The second-order valence-electron chi connectivity index (χ2n) is 7.40. The molecule has 2 aromatic rings. The number of phenols is 1. The standard InChI is InChI=1S/C20H21N5O2S/c1-20(2,3)17(13-8-5-4-6-9-13)23-19-18(24-28(27)25-19)22-15-11-7-10-14(12-21)16(15)26/h4-11,17,26H,1-3H3,(H,22,24)(H,23,25)/t17-,28?/m0/s1. The van der Waals surface area contributed by atoms with E-state index in [0.29, 0.717) is 11.5 Å². The molecule has 0 aromatic heterocycles. The first-order valence-electron chi connectivity index (χ1n) is 8.70. The third-order valence-electron chi connectivity index (χ3n) is 4.25. The minimum absolute atomic E-state index is 0.117. The molecular weight excluding hydrogens is 374 g/mol. The van der Waals surface area contributed by atoms with Crippen molar-refractivity contribution in [1.82, 2.24) is 5.32 Å². The van der Waals surface area contributed by atoms with Crippen LogP contribution in [0.3, 0.4) is 0 Å². The molecule has 8 heteroatoms. The molecule has 144 valence electrons. The van der Waals surface area contributed by atoms with Crippen LogP contribution >= 0.6 is 0 Å². The smallest absolute Gasteiger partial charge is 0.269 e. The van der Waals surface area contributed by atoms with Gasteiger partial charge in [0, 0.05) is 0 Å². The Bertz CT molecular complexity index is 1000. The highest BCUT2D eigenvalue weighted by Crippen LogP contribution is 2.33.